The van der Waals surface area contributed by atoms with Crippen molar-refractivity contribution < 1.29 is 14.3 Å². The van der Waals surface area contributed by atoms with E-state index in [0.717, 1.165) is 38.2 Å². The van der Waals surface area contributed by atoms with Gasteiger partial charge in [0, 0.05) is 36.9 Å². The molecule has 0 spiro atoms. The van der Waals surface area contributed by atoms with Crippen LogP contribution in [-0.4, -0.2) is 65.6 Å². The van der Waals surface area contributed by atoms with Crippen LogP contribution in [0.4, 0.5) is 0 Å². The Morgan fingerprint density at radius 1 is 1.39 bits per heavy atom. The van der Waals surface area contributed by atoms with Gasteiger partial charge in [-0.1, -0.05) is 13.0 Å². The van der Waals surface area contributed by atoms with Crippen molar-refractivity contribution in [1.29, 1.82) is 0 Å². The fourth-order valence-corrected chi connectivity index (χ4v) is 4.24. The Bertz CT molecular complexity index is 461. The summed E-state index contributed by atoms with van der Waals surface area (Å²) >= 11 is 1.66. The third kappa shape index (κ3) is 4.51. The molecule has 2 aliphatic heterocycles. The number of amides is 2. The van der Waals surface area contributed by atoms with Gasteiger partial charge in [0.25, 0.3) is 5.91 Å². The highest BCUT2D eigenvalue weighted by molar-refractivity contribution is 7.99. The van der Waals surface area contributed by atoms with Gasteiger partial charge in [0.2, 0.25) is 5.91 Å². The lowest BCUT2D eigenvalue weighted by atomic mass is 10.1. The zero-order valence-corrected chi connectivity index (χ0v) is 15.2. The van der Waals surface area contributed by atoms with E-state index in [9.17, 15) is 9.59 Å². The second-order valence-electron chi connectivity index (χ2n) is 6.19. The van der Waals surface area contributed by atoms with Gasteiger partial charge in [-0.3, -0.25) is 9.59 Å². The van der Waals surface area contributed by atoms with Gasteiger partial charge < -0.3 is 14.5 Å². The summed E-state index contributed by atoms with van der Waals surface area (Å²) in [7, 11) is 0. The maximum Gasteiger partial charge on any atom is 0.250 e. The van der Waals surface area contributed by atoms with E-state index in [1.165, 1.54) is 0 Å². The van der Waals surface area contributed by atoms with Crippen LogP contribution in [0.2, 0.25) is 0 Å². The van der Waals surface area contributed by atoms with Gasteiger partial charge in [-0.25, -0.2) is 0 Å². The summed E-state index contributed by atoms with van der Waals surface area (Å²) in [4.78, 5) is 29.1. The summed E-state index contributed by atoms with van der Waals surface area (Å²) < 4.78 is 5.41. The number of carbonyl (C=O) groups is 2. The van der Waals surface area contributed by atoms with Crippen LogP contribution in [0.3, 0.4) is 0 Å². The number of nitrogens with zero attached hydrogens (tertiary/aromatic N) is 2. The zero-order chi connectivity index (χ0) is 16.8. The van der Waals surface area contributed by atoms with Gasteiger partial charge in [0.05, 0.1) is 12.5 Å². The molecule has 0 aliphatic carbocycles. The molecule has 2 fully saturated rings. The van der Waals surface area contributed by atoms with Gasteiger partial charge in [0.1, 0.15) is 6.04 Å². The van der Waals surface area contributed by atoms with E-state index in [1.807, 2.05) is 31.7 Å². The van der Waals surface area contributed by atoms with Crippen LogP contribution in [0.5, 0.6) is 0 Å². The molecule has 0 saturated carbocycles. The Hall–Kier alpha value is -1.01. The second kappa shape index (κ2) is 8.73. The lowest BCUT2D eigenvalue weighted by Crippen LogP contribution is -2.50. The highest BCUT2D eigenvalue weighted by Crippen LogP contribution is 2.25. The van der Waals surface area contributed by atoms with E-state index in [-0.39, 0.29) is 17.9 Å². The van der Waals surface area contributed by atoms with Crippen LogP contribution < -0.4 is 0 Å². The van der Waals surface area contributed by atoms with Crippen molar-refractivity contribution in [1.82, 2.24) is 9.80 Å². The molecule has 2 heterocycles. The highest BCUT2D eigenvalue weighted by atomic mass is 32.2. The minimum Gasteiger partial charge on any atom is -0.381 e. The average Bonchev–Trinajstić information content (AvgIpc) is 3.22. The molecule has 0 aromatic carbocycles. The molecule has 0 aromatic rings. The molecule has 2 atom stereocenters. The Kier molecular flexibility index (Phi) is 6.96. The van der Waals surface area contributed by atoms with E-state index in [1.54, 1.807) is 16.7 Å². The Balaban J connectivity index is 2.03. The van der Waals surface area contributed by atoms with Crippen LogP contribution in [0, 0.1) is 5.92 Å². The molecule has 2 aliphatic rings. The number of likely N-dealkylation sites (N-methyl/N-ethyl adjacent to an activating group) is 1. The van der Waals surface area contributed by atoms with Gasteiger partial charge in [0.15, 0.2) is 0 Å². The molecule has 5 nitrogen and oxygen atoms in total. The topological polar surface area (TPSA) is 49.9 Å². The molecular weight excluding hydrogens is 312 g/mol. The van der Waals surface area contributed by atoms with Crippen molar-refractivity contribution in [3.63, 3.8) is 0 Å². The Morgan fingerprint density at radius 3 is 2.78 bits per heavy atom. The number of thioether (sulfide) groups is 1. The first-order valence-corrected chi connectivity index (χ1v) is 9.65. The monoisotopic (exact) mass is 340 g/mol. The van der Waals surface area contributed by atoms with Crippen molar-refractivity contribution in [2.24, 2.45) is 5.92 Å². The molecule has 2 rings (SSSR count). The number of carbonyl (C=O) groups excluding carboxylic acids is 2. The normalized spacial score (nSPS) is 25.0. The fraction of sp³-hybridized carbons (Fsp3) is 0.765. The summed E-state index contributed by atoms with van der Waals surface area (Å²) in [6.07, 6.45) is 3.78. The lowest BCUT2D eigenvalue weighted by Gasteiger charge is -2.30. The average molecular weight is 340 g/mol. The Morgan fingerprint density at radius 2 is 2.17 bits per heavy atom. The molecule has 6 heteroatoms. The van der Waals surface area contributed by atoms with Gasteiger partial charge in [-0.2, -0.15) is 0 Å². The maximum absolute atomic E-state index is 12.9. The summed E-state index contributed by atoms with van der Waals surface area (Å²) in [5, 5.41) is 0. The third-order valence-corrected chi connectivity index (χ3v) is 5.48. The maximum atomic E-state index is 12.9. The Labute approximate surface area is 143 Å². The van der Waals surface area contributed by atoms with Crippen molar-refractivity contribution in [2.45, 2.75) is 39.7 Å². The SMILES string of the molecule is CC/C=C(\C)C(=O)N1CSCC1C(=O)N(CC)CC1CCOC1. The molecule has 0 radical (unpaired) electrons. The van der Waals surface area contributed by atoms with Crippen LogP contribution >= 0.6 is 11.8 Å². The fourth-order valence-electron chi connectivity index (χ4n) is 3.09. The second-order valence-corrected chi connectivity index (χ2v) is 7.19. The largest absolute Gasteiger partial charge is 0.381 e. The molecule has 2 unspecified atom stereocenters. The number of ether oxygens (including phenoxy) is 1. The summed E-state index contributed by atoms with van der Waals surface area (Å²) in [6.45, 7) is 8.81. The molecule has 130 valence electrons. The molecule has 0 N–H and O–H groups in total. The summed E-state index contributed by atoms with van der Waals surface area (Å²) in [5.41, 5.74) is 0.736. The van der Waals surface area contributed by atoms with E-state index in [4.69, 9.17) is 4.74 Å². The first kappa shape index (κ1) is 18.3. The minimum absolute atomic E-state index is 0.00421. The molecule has 2 amide bonds. The van der Waals surface area contributed by atoms with Crippen LogP contribution in [0.1, 0.15) is 33.6 Å². The van der Waals surface area contributed by atoms with Gasteiger partial charge >= 0.3 is 0 Å². The lowest BCUT2D eigenvalue weighted by molar-refractivity contribution is -0.142. The molecule has 23 heavy (non-hydrogen) atoms. The molecular formula is C17H28N2O3S. The zero-order valence-electron chi connectivity index (χ0n) is 14.4. The standard InChI is InChI=1S/C17H28N2O3S/c1-4-6-13(3)16(20)19-12-23-11-15(19)17(21)18(5-2)9-14-7-8-22-10-14/h6,14-15H,4-5,7-12H2,1-3H3/b13-6+. The van der Waals surface area contributed by atoms with E-state index >= 15 is 0 Å². The van der Waals surface area contributed by atoms with Crippen molar-refractivity contribution >= 4 is 23.6 Å². The van der Waals surface area contributed by atoms with Crippen LogP contribution in [0.15, 0.2) is 11.6 Å². The van der Waals surface area contributed by atoms with Crippen LogP contribution in [-0.2, 0) is 14.3 Å². The number of hydrogen-bond donors (Lipinski definition) is 0. The number of hydrogen-bond acceptors (Lipinski definition) is 4. The minimum atomic E-state index is -0.324. The first-order valence-electron chi connectivity index (χ1n) is 8.50. The summed E-state index contributed by atoms with van der Waals surface area (Å²) in [5.74, 6) is 1.81. The highest BCUT2D eigenvalue weighted by Gasteiger charge is 2.37. The van der Waals surface area contributed by atoms with Crippen molar-refractivity contribution in [3.05, 3.63) is 11.6 Å². The number of allylic oxidation sites excluding steroid dienone is 1. The quantitative estimate of drug-likeness (QED) is 0.695. The van der Waals surface area contributed by atoms with Gasteiger partial charge in [-0.15, -0.1) is 11.8 Å². The van der Waals surface area contributed by atoms with E-state index in [0.29, 0.717) is 24.1 Å². The predicted molar refractivity (Wildman–Crippen MR) is 93.2 cm³/mol. The molecule has 2 saturated heterocycles. The summed E-state index contributed by atoms with van der Waals surface area (Å²) in [6, 6.07) is -0.324. The first-order chi connectivity index (χ1) is 11.1. The third-order valence-electron chi connectivity index (χ3n) is 4.47. The van der Waals surface area contributed by atoms with E-state index < -0.39 is 0 Å². The molecule has 0 bridgehead atoms. The van der Waals surface area contributed by atoms with E-state index in [2.05, 4.69) is 0 Å². The van der Waals surface area contributed by atoms with Crippen molar-refractivity contribution in [2.75, 3.05) is 37.9 Å². The van der Waals surface area contributed by atoms with Crippen LogP contribution in [0.25, 0.3) is 0 Å². The van der Waals surface area contributed by atoms with Gasteiger partial charge in [-0.05, 0) is 26.7 Å². The predicted octanol–water partition coefficient (Wildman–Crippen LogP) is 2.13. The molecule has 0 aromatic heterocycles. The number of rotatable bonds is 6. The smallest absolute Gasteiger partial charge is 0.250 e. The van der Waals surface area contributed by atoms with Crippen molar-refractivity contribution in [3.8, 4) is 0 Å².